The Balaban J connectivity index is 1.24. The summed E-state index contributed by atoms with van der Waals surface area (Å²) in [5, 5.41) is 7.74. The summed E-state index contributed by atoms with van der Waals surface area (Å²) in [6.07, 6.45) is 0. The molecule has 0 spiro atoms. The number of fused-ring (bicyclic) bond motifs is 9. The number of para-hydroxylation sites is 2. The van der Waals surface area contributed by atoms with Crippen LogP contribution in [-0.2, 0) is 0 Å². The maximum Gasteiger partial charge on any atom is 0.160 e. The largest absolute Gasteiger partial charge is 0.456 e. The Bertz CT molecular complexity index is 2810. The monoisotopic (exact) mass is 588 g/mol. The first kappa shape index (κ1) is 25.1. The van der Waals surface area contributed by atoms with Gasteiger partial charge in [-0.15, -0.1) is 0 Å². The zero-order valence-electron chi connectivity index (χ0n) is 24.6. The van der Waals surface area contributed by atoms with E-state index < -0.39 is 0 Å². The summed E-state index contributed by atoms with van der Waals surface area (Å²) in [7, 11) is 0. The molecule has 3 aromatic heterocycles. The maximum atomic E-state index is 6.43. The van der Waals surface area contributed by atoms with Crippen LogP contribution in [0.15, 0.2) is 154 Å². The molecule has 3 heterocycles. The molecule has 0 aliphatic rings. The Hall–Kier alpha value is -6.26. The average molecular weight is 589 g/mol. The van der Waals surface area contributed by atoms with Crippen molar-refractivity contribution >= 4 is 65.6 Å². The second-order valence-electron chi connectivity index (χ2n) is 11.7. The van der Waals surface area contributed by atoms with Crippen LogP contribution in [0.3, 0.4) is 0 Å². The van der Waals surface area contributed by atoms with E-state index in [1.165, 1.54) is 10.8 Å². The molecule has 46 heavy (non-hydrogen) atoms. The number of nitrogens with zero attached hydrogens (tertiary/aromatic N) is 2. The van der Waals surface area contributed by atoms with Crippen molar-refractivity contribution in [1.29, 1.82) is 0 Å². The Morgan fingerprint density at radius 3 is 2.02 bits per heavy atom. The molecule has 0 saturated carbocycles. The molecule has 0 atom stereocenters. The summed E-state index contributed by atoms with van der Waals surface area (Å²) in [6.45, 7) is 0. The minimum Gasteiger partial charge on any atom is -0.456 e. The Morgan fingerprint density at radius 2 is 1.11 bits per heavy atom. The molecule has 7 aromatic carbocycles. The van der Waals surface area contributed by atoms with E-state index in [-0.39, 0.29) is 0 Å². The SMILES string of the molecule is c1ccc(-c2cc(-c3nc(-c4ccc5oc6ccc7ccccc7c6c5c4)c4ccccc4n3)cc3oc4ccccc4c23)cc1. The van der Waals surface area contributed by atoms with E-state index in [1.807, 2.05) is 30.3 Å². The normalized spacial score (nSPS) is 11.9. The topological polar surface area (TPSA) is 52.1 Å². The van der Waals surface area contributed by atoms with E-state index >= 15 is 0 Å². The van der Waals surface area contributed by atoms with Crippen molar-refractivity contribution in [2.24, 2.45) is 0 Å². The smallest absolute Gasteiger partial charge is 0.160 e. The van der Waals surface area contributed by atoms with E-state index in [0.29, 0.717) is 5.82 Å². The van der Waals surface area contributed by atoms with Gasteiger partial charge >= 0.3 is 0 Å². The van der Waals surface area contributed by atoms with Crippen LogP contribution in [0, 0.1) is 0 Å². The molecule has 4 heteroatoms. The highest BCUT2D eigenvalue weighted by Gasteiger charge is 2.19. The molecule has 4 nitrogen and oxygen atoms in total. The lowest BCUT2D eigenvalue weighted by molar-refractivity contribution is 0.668. The van der Waals surface area contributed by atoms with Crippen LogP contribution in [0.25, 0.3) is 99.3 Å². The fraction of sp³-hybridized carbons (Fsp3) is 0. The molecular formula is C42H24N2O2. The van der Waals surface area contributed by atoms with Crippen molar-refractivity contribution < 1.29 is 8.83 Å². The summed E-state index contributed by atoms with van der Waals surface area (Å²) in [6, 6.07) is 50.2. The van der Waals surface area contributed by atoms with Gasteiger partial charge in [-0.1, -0.05) is 97.1 Å². The van der Waals surface area contributed by atoms with E-state index in [4.69, 9.17) is 18.8 Å². The van der Waals surface area contributed by atoms with Crippen molar-refractivity contribution in [1.82, 2.24) is 9.97 Å². The molecule has 0 N–H and O–H groups in total. The molecule has 0 saturated heterocycles. The van der Waals surface area contributed by atoms with Gasteiger partial charge in [-0.05, 0) is 70.4 Å². The lowest BCUT2D eigenvalue weighted by Gasteiger charge is -2.11. The number of hydrogen-bond donors (Lipinski definition) is 0. The highest BCUT2D eigenvalue weighted by molar-refractivity contribution is 6.19. The van der Waals surface area contributed by atoms with Gasteiger partial charge in [-0.3, -0.25) is 0 Å². The van der Waals surface area contributed by atoms with Gasteiger partial charge in [0.1, 0.15) is 22.3 Å². The van der Waals surface area contributed by atoms with Crippen LogP contribution in [0.1, 0.15) is 0 Å². The highest BCUT2D eigenvalue weighted by atomic mass is 16.3. The summed E-state index contributed by atoms with van der Waals surface area (Å²) < 4.78 is 12.7. The van der Waals surface area contributed by atoms with E-state index in [0.717, 1.165) is 82.7 Å². The first-order valence-corrected chi connectivity index (χ1v) is 15.4. The van der Waals surface area contributed by atoms with Crippen molar-refractivity contribution in [2.45, 2.75) is 0 Å². The Kier molecular flexibility index (Phi) is 5.25. The zero-order chi connectivity index (χ0) is 30.2. The van der Waals surface area contributed by atoms with Crippen LogP contribution in [-0.4, -0.2) is 9.97 Å². The van der Waals surface area contributed by atoms with Gasteiger partial charge in [0.25, 0.3) is 0 Å². The predicted molar refractivity (Wildman–Crippen MR) is 188 cm³/mol. The van der Waals surface area contributed by atoms with Crippen molar-refractivity contribution in [3.63, 3.8) is 0 Å². The van der Waals surface area contributed by atoms with Gasteiger partial charge in [0.2, 0.25) is 0 Å². The maximum absolute atomic E-state index is 6.43. The van der Waals surface area contributed by atoms with Gasteiger partial charge in [0, 0.05) is 38.1 Å². The molecule has 10 aromatic rings. The third kappa shape index (κ3) is 3.74. The molecule has 0 fully saturated rings. The zero-order valence-corrected chi connectivity index (χ0v) is 24.6. The third-order valence-electron chi connectivity index (χ3n) is 9.06. The molecular weight excluding hydrogens is 564 g/mol. The summed E-state index contributed by atoms with van der Waals surface area (Å²) in [5.41, 5.74) is 9.30. The van der Waals surface area contributed by atoms with Crippen LogP contribution in [0.2, 0.25) is 0 Å². The summed E-state index contributed by atoms with van der Waals surface area (Å²) in [4.78, 5) is 10.4. The molecule has 214 valence electrons. The Labute approximate surface area is 263 Å². The fourth-order valence-electron chi connectivity index (χ4n) is 6.95. The predicted octanol–water partition coefficient (Wildman–Crippen LogP) is 11.6. The Morgan fingerprint density at radius 1 is 0.391 bits per heavy atom. The van der Waals surface area contributed by atoms with Crippen LogP contribution < -0.4 is 0 Å². The molecule has 10 rings (SSSR count). The number of furan rings is 2. The van der Waals surface area contributed by atoms with Gasteiger partial charge in [-0.25, -0.2) is 9.97 Å². The first-order valence-electron chi connectivity index (χ1n) is 15.4. The van der Waals surface area contributed by atoms with Crippen molar-refractivity contribution in [3.8, 4) is 33.8 Å². The molecule has 0 radical (unpaired) electrons. The number of benzene rings is 7. The van der Waals surface area contributed by atoms with Gasteiger partial charge < -0.3 is 8.83 Å². The van der Waals surface area contributed by atoms with E-state index in [9.17, 15) is 0 Å². The number of aromatic nitrogens is 2. The minimum absolute atomic E-state index is 0.649. The van der Waals surface area contributed by atoms with Crippen molar-refractivity contribution in [2.75, 3.05) is 0 Å². The lowest BCUT2D eigenvalue weighted by atomic mass is 9.96. The van der Waals surface area contributed by atoms with E-state index in [1.54, 1.807) is 0 Å². The number of hydrogen-bond acceptors (Lipinski definition) is 4. The second kappa shape index (κ2) is 9.62. The molecule has 0 amide bonds. The number of rotatable bonds is 3. The van der Waals surface area contributed by atoms with Crippen LogP contribution in [0.4, 0.5) is 0 Å². The van der Waals surface area contributed by atoms with Gasteiger partial charge in [-0.2, -0.15) is 0 Å². The molecule has 0 unspecified atom stereocenters. The summed E-state index contributed by atoms with van der Waals surface area (Å²) >= 11 is 0. The van der Waals surface area contributed by atoms with Gasteiger partial charge in [0.05, 0.1) is 11.2 Å². The molecule has 0 bridgehead atoms. The minimum atomic E-state index is 0.649. The standard InChI is InChI=1S/C42H24N2O2/c1-2-10-25(11-3-1)32-23-28(24-38-40(32)31-15-7-9-17-35(31)46-38)42-43-34-16-8-6-14-30(34)41(44-42)27-19-20-36-33(22-27)39-29-13-5-4-12-26(29)18-21-37(39)45-36/h1-24H. The van der Waals surface area contributed by atoms with E-state index in [2.05, 4.69) is 115 Å². The van der Waals surface area contributed by atoms with Crippen LogP contribution in [0.5, 0.6) is 0 Å². The lowest BCUT2D eigenvalue weighted by Crippen LogP contribution is -1.96. The molecule has 0 aliphatic heterocycles. The second-order valence-corrected chi connectivity index (χ2v) is 11.7. The summed E-state index contributed by atoms with van der Waals surface area (Å²) in [5.74, 6) is 0.649. The van der Waals surface area contributed by atoms with Gasteiger partial charge in [0.15, 0.2) is 5.82 Å². The first-order chi connectivity index (χ1) is 22.8. The molecule has 0 aliphatic carbocycles. The van der Waals surface area contributed by atoms with Crippen LogP contribution >= 0.6 is 0 Å². The quantitative estimate of drug-likeness (QED) is 0.206. The highest BCUT2D eigenvalue weighted by Crippen LogP contribution is 2.41. The van der Waals surface area contributed by atoms with Crippen molar-refractivity contribution in [3.05, 3.63) is 146 Å². The third-order valence-corrected chi connectivity index (χ3v) is 9.06. The fourth-order valence-corrected chi connectivity index (χ4v) is 6.95. The average Bonchev–Trinajstić information content (AvgIpc) is 3.69.